The second kappa shape index (κ2) is 7.48. The van der Waals surface area contributed by atoms with Crippen molar-refractivity contribution < 1.29 is 14.3 Å². The highest BCUT2D eigenvalue weighted by Crippen LogP contribution is 2.36. The molecule has 0 atom stereocenters. The van der Waals surface area contributed by atoms with Gasteiger partial charge in [-0.05, 0) is 50.8 Å². The number of aryl methyl sites for hydroxylation is 2. The fraction of sp³-hybridized carbons (Fsp3) is 0.318. The molecular weight excluding hydrogens is 388 g/mol. The first-order chi connectivity index (χ1) is 13.5. The van der Waals surface area contributed by atoms with Gasteiger partial charge in [-0.3, -0.25) is 14.4 Å². The molecule has 7 heteroatoms. The van der Waals surface area contributed by atoms with Crippen LogP contribution in [0.5, 0.6) is 5.75 Å². The molecule has 0 N–H and O–H groups in total. The van der Waals surface area contributed by atoms with Crippen LogP contribution in [0.1, 0.15) is 36.7 Å². The van der Waals surface area contributed by atoms with E-state index in [0.717, 1.165) is 5.56 Å². The zero-order valence-corrected chi connectivity index (χ0v) is 18.2. The minimum absolute atomic E-state index is 0.0366. The zero-order valence-electron chi connectivity index (χ0n) is 17.4. The van der Waals surface area contributed by atoms with Gasteiger partial charge >= 0.3 is 5.97 Å². The van der Waals surface area contributed by atoms with E-state index >= 15 is 0 Å². The summed E-state index contributed by atoms with van der Waals surface area (Å²) in [4.78, 5) is 41.2. The number of benzene rings is 1. The number of para-hydroxylation sites is 1. The maximum Gasteiger partial charge on any atom is 0.316 e. The van der Waals surface area contributed by atoms with Crippen molar-refractivity contribution in [1.29, 1.82) is 0 Å². The van der Waals surface area contributed by atoms with Crippen LogP contribution in [0.2, 0.25) is 0 Å². The molecule has 0 saturated heterocycles. The summed E-state index contributed by atoms with van der Waals surface area (Å²) in [5.74, 6) is -0.996. The minimum Gasteiger partial charge on any atom is -0.424 e. The van der Waals surface area contributed by atoms with Crippen molar-refractivity contribution in [2.24, 2.45) is 12.5 Å². The molecule has 0 aliphatic carbocycles. The number of thiophene rings is 1. The Balaban J connectivity index is 2.27. The largest absolute Gasteiger partial charge is 0.424 e. The van der Waals surface area contributed by atoms with Crippen LogP contribution in [-0.4, -0.2) is 23.5 Å². The number of ether oxygens (including phenoxy) is 1. The van der Waals surface area contributed by atoms with E-state index in [-0.39, 0.29) is 11.3 Å². The Bertz CT molecular complexity index is 1150. The summed E-state index contributed by atoms with van der Waals surface area (Å²) in [6.45, 7) is 7.05. The first-order valence-corrected chi connectivity index (χ1v) is 10.1. The summed E-state index contributed by atoms with van der Waals surface area (Å²) in [6.07, 6.45) is 0. The third-order valence-corrected chi connectivity index (χ3v) is 5.87. The predicted molar refractivity (Wildman–Crippen MR) is 116 cm³/mol. The van der Waals surface area contributed by atoms with Crippen molar-refractivity contribution in [1.82, 2.24) is 4.57 Å². The van der Waals surface area contributed by atoms with Crippen molar-refractivity contribution >= 4 is 39.1 Å². The molecule has 0 aliphatic rings. The highest BCUT2D eigenvalue weighted by molar-refractivity contribution is 7.17. The fourth-order valence-electron chi connectivity index (χ4n) is 2.91. The molecule has 29 heavy (non-hydrogen) atoms. The Morgan fingerprint density at radius 2 is 1.76 bits per heavy atom. The Hall–Kier alpha value is -2.93. The highest BCUT2D eigenvalue weighted by atomic mass is 32.1. The Morgan fingerprint density at radius 3 is 2.34 bits per heavy atom. The SMILES string of the molecule is Cc1csc2c1c(OC(=O)C(C)(C)C)c(C(=O)N(C)c1ccccc1)c(=O)n2C. The van der Waals surface area contributed by atoms with Gasteiger partial charge in [0, 0.05) is 19.8 Å². The number of esters is 1. The number of hydrogen-bond donors (Lipinski definition) is 0. The second-order valence-corrected chi connectivity index (χ2v) is 8.86. The number of nitrogens with zero attached hydrogens (tertiary/aromatic N) is 2. The number of anilines is 1. The lowest BCUT2D eigenvalue weighted by Gasteiger charge is -2.22. The number of pyridine rings is 1. The molecular formula is C22H24N2O4S. The topological polar surface area (TPSA) is 68.6 Å². The van der Waals surface area contributed by atoms with E-state index in [0.29, 0.717) is 15.9 Å². The number of aromatic nitrogens is 1. The molecule has 2 aromatic heterocycles. The molecule has 1 amide bonds. The normalized spacial score (nSPS) is 11.5. The average molecular weight is 413 g/mol. The number of carbonyl (C=O) groups is 2. The molecule has 6 nitrogen and oxygen atoms in total. The third kappa shape index (κ3) is 3.70. The van der Waals surface area contributed by atoms with Crippen molar-refractivity contribution in [3.63, 3.8) is 0 Å². The molecule has 0 spiro atoms. The summed E-state index contributed by atoms with van der Waals surface area (Å²) in [5.41, 5.74) is 0.0426. The monoisotopic (exact) mass is 412 g/mol. The molecule has 0 radical (unpaired) electrons. The summed E-state index contributed by atoms with van der Waals surface area (Å²) in [6, 6.07) is 9.02. The number of hydrogen-bond acceptors (Lipinski definition) is 5. The number of fused-ring (bicyclic) bond motifs is 1. The Morgan fingerprint density at radius 1 is 1.14 bits per heavy atom. The maximum absolute atomic E-state index is 13.4. The van der Waals surface area contributed by atoms with Gasteiger partial charge in [0.1, 0.15) is 10.4 Å². The maximum atomic E-state index is 13.4. The van der Waals surface area contributed by atoms with Crippen molar-refractivity contribution in [2.75, 3.05) is 11.9 Å². The Labute approximate surface area is 173 Å². The number of amides is 1. The summed E-state index contributed by atoms with van der Waals surface area (Å²) in [5, 5.41) is 2.49. The lowest BCUT2D eigenvalue weighted by Crippen LogP contribution is -2.36. The molecule has 152 valence electrons. The quantitative estimate of drug-likeness (QED) is 0.607. The van der Waals surface area contributed by atoms with Gasteiger partial charge in [-0.2, -0.15) is 0 Å². The molecule has 0 aliphatic heterocycles. The second-order valence-electron chi connectivity index (χ2n) is 8.01. The van der Waals surface area contributed by atoms with Gasteiger partial charge < -0.3 is 14.2 Å². The smallest absolute Gasteiger partial charge is 0.316 e. The van der Waals surface area contributed by atoms with Crippen molar-refractivity contribution in [3.8, 4) is 5.75 Å². The minimum atomic E-state index is -0.789. The lowest BCUT2D eigenvalue weighted by molar-refractivity contribution is -0.142. The van der Waals surface area contributed by atoms with E-state index in [9.17, 15) is 14.4 Å². The molecule has 0 unspecified atom stereocenters. The van der Waals surface area contributed by atoms with Gasteiger partial charge in [0.15, 0.2) is 5.75 Å². The van der Waals surface area contributed by atoms with E-state index in [4.69, 9.17) is 4.74 Å². The molecule has 0 bridgehead atoms. The van der Waals surface area contributed by atoms with Gasteiger partial charge in [-0.1, -0.05) is 18.2 Å². The van der Waals surface area contributed by atoms with Gasteiger partial charge in [0.2, 0.25) is 0 Å². The zero-order chi connectivity index (χ0) is 21.5. The van der Waals surface area contributed by atoms with Crippen LogP contribution in [0.3, 0.4) is 0 Å². The third-order valence-electron chi connectivity index (χ3n) is 4.70. The van der Waals surface area contributed by atoms with E-state index in [1.54, 1.807) is 47.0 Å². The van der Waals surface area contributed by atoms with E-state index < -0.39 is 22.9 Å². The van der Waals surface area contributed by atoms with Crippen LogP contribution < -0.4 is 15.2 Å². The first kappa shape index (κ1) is 20.8. The average Bonchev–Trinajstić information content (AvgIpc) is 3.06. The molecule has 0 saturated carbocycles. The van der Waals surface area contributed by atoms with Gasteiger partial charge in [0.05, 0.1) is 10.8 Å². The predicted octanol–water partition coefficient (Wildman–Crippen LogP) is 4.14. The van der Waals surface area contributed by atoms with E-state index in [2.05, 4.69) is 0 Å². The molecule has 0 fully saturated rings. The molecule has 1 aromatic carbocycles. The summed E-state index contributed by atoms with van der Waals surface area (Å²) >= 11 is 1.38. The number of carbonyl (C=O) groups excluding carboxylic acids is 2. The lowest BCUT2D eigenvalue weighted by atomic mass is 9.97. The highest BCUT2D eigenvalue weighted by Gasteiger charge is 2.32. The van der Waals surface area contributed by atoms with Crippen molar-refractivity contribution in [2.45, 2.75) is 27.7 Å². The van der Waals surface area contributed by atoms with Crippen LogP contribution in [0.4, 0.5) is 5.69 Å². The molecule has 3 aromatic rings. The van der Waals surface area contributed by atoms with Crippen LogP contribution >= 0.6 is 11.3 Å². The van der Waals surface area contributed by atoms with Crippen LogP contribution in [0, 0.1) is 12.3 Å². The summed E-state index contributed by atoms with van der Waals surface area (Å²) in [7, 11) is 3.21. The standard InChI is InChI=1S/C22H24N2O4S/c1-13-12-29-20-15(13)17(28-21(27)22(2,3)4)16(19(26)24(20)6)18(25)23(5)14-10-8-7-9-11-14/h7-12H,1-6H3. The molecule has 3 rings (SSSR count). The van der Waals surface area contributed by atoms with Crippen LogP contribution in [0.25, 0.3) is 10.2 Å². The van der Waals surface area contributed by atoms with Gasteiger partial charge in [0.25, 0.3) is 11.5 Å². The Kier molecular flexibility index (Phi) is 5.36. The van der Waals surface area contributed by atoms with E-state index in [1.165, 1.54) is 20.8 Å². The fourth-order valence-corrected chi connectivity index (χ4v) is 3.93. The number of rotatable bonds is 3. The van der Waals surface area contributed by atoms with Gasteiger partial charge in [-0.25, -0.2) is 0 Å². The van der Waals surface area contributed by atoms with Gasteiger partial charge in [-0.15, -0.1) is 11.3 Å². The van der Waals surface area contributed by atoms with Crippen LogP contribution in [0.15, 0.2) is 40.5 Å². The molecule has 2 heterocycles. The summed E-state index contributed by atoms with van der Waals surface area (Å²) < 4.78 is 7.15. The van der Waals surface area contributed by atoms with Crippen molar-refractivity contribution in [3.05, 3.63) is 57.2 Å². The first-order valence-electron chi connectivity index (χ1n) is 9.20. The van der Waals surface area contributed by atoms with E-state index in [1.807, 2.05) is 30.5 Å². The van der Waals surface area contributed by atoms with Crippen LogP contribution in [-0.2, 0) is 11.8 Å².